The first kappa shape index (κ1) is 17.5. The summed E-state index contributed by atoms with van der Waals surface area (Å²) < 4.78 is 10.7. The molecule has 2 rings (SSSR count). The molecule has 0 saturated heterocycles. The fraction of sp³-hybridized carbons (Fsp3) is 0.263. The van der Waals surface area contributed by atoms with Crippen molar-refractivity contribution in [3.05, 3.63) is 59.7 Å². The first-order chi connectivity index (χ1) is 11.3. The Morgan fingerprint density at radius 3 is 2.17 bits per heavy atom. The minimum Gasteiger partial charge on any atom is -0.482 e. The summed E-state index contributed by atoms with van der Waals surface area (Å²) in [7, 11) is 0. The van der Waals surface area contributed by atoms with Crippen molar-refractivity contribution < 1.29 is 24.2 Å². The molecule has 0 aliphatic carbocycles. The Bertz CT molecular complexity index is 743. The van der Waals surface area contributed by atoms with Crippen molar-refractivity contribution >= 4 is 11.9 Å². The van der Waals surface area contributed by atoms with Crippen LogP contribution in [0.1, 0.15) is 36.7 Å². The number of esters is 1. The van der Waals surface area contributed by atoms with Crippen LogP contribution in [-0.4, -0.2) is 23.7 Å². The molecule has 24 heavy (non-hydrogen) atoms. The van der Waals surface area contributed by atoms with Gasteiger partial charge in [-0.25, -0.2) is 9.59 Å². The highest BCUT2D eigenvalue weighted by Crippen LogP contribution is 2.30. The fourth-order valence-electron chi connectivity index (χ4n) is 2.23. The molecule has 126 valence electrons. The number of ether oxygens (including phenoxy) is 2. The maximum Gasteiger partial charge on any atom is 0.349 e. The van der Waals surface area contributed by atoms with Gasteiger partial charge < -0.3 is 14.6 Å². The Morgan fingerprint density at radius 2 is 1.54 bits per heavy atom. The molecule has 0 saturated carbocycles. The van der Waals surface area contributed by atoms with Crippen LogP contribution < -0.4 is 9.47 Å². The van der Waals surface area contributed by atoms with Crippen molar-refractivity contribution in [1.82, 2.24) is 0 Å². The molecule has 5 nitrogen and oxygen atoms in total. The molecule has 0 aliphatic rings. The molecule has 0 bridgehead atoms. The zero-order valence-corrected chi connectivity index (χ0v) is 13.9. The summed E-state index contributed by atoms with van der Waals surface area (Å²) in [4.78, 5) is 23.1. The quantitative estimate of drug-likeness (QED) is 0.670. The third-order valence-electron chi connectivity index (χ3n) is 3.38. The second kappa shape index (κ2) is 7.17. The van der Waals surface area contributed by atoms with E-state index in [4.69, 9.17) is 14.6 Å². The number of carboxylic acid groups (broad SMARTS) is 1. The normalized spacial score (nSPS) is 11.0. The number of hydrogen-bond donors (Lipinski definition) is 1. The number of carbonyl (C=O) groups excluding carboxylic acids is 1. The Labute approximate surface area is 140 Å². The van der Waals surface area contributed by atoms with Crippen LogP contribution in [0.25, 0.3) is 0 Å². The topological polar surface area (TPSA) is 72.8 Å². The van der Waals surface area contributed by atoms with Crippen LogP contribution >= 0.6 is 0 Å². The third-order valence-corrected chi connectivity index (χ3v) is 3.38. The lowest BCUT2D eigenvalue weighted by Crippen LogP contribution is -2.21. The lowest BCUT2D eigenvalue weighted by Gasteiger charge is -2.22. The van der Waals surface area contributed by atoms with Gasteiger partial charge in [-0.05, 0) is 29.2 Å². The summed E-state index contributed by atoms with van der Waals surface area (Å²) in [5, 5.41) is 9.09. The summed E-state index contributed by atoms with van der Waals surface area (Å²) in [5.41, 5.74) is 0.779. The van der Waals surface area contributed by atoms with Crippen LogP contribution in [0.4, 0.5) is 0 Å². The van der Waals surface area contributed by atoms with E-state index in [-0.39, 0.29) is 23.3 Å². The van der Waals surface area contributed by atoms with E-state index in [2.05, 4.69) is 20.8 Å². The molecule has 2 aromatic carbocycles. The van der Waals surface area contributed by atoms with Gasteiger partial charge in [-0.1, -0.05) is 51.1 Å². The summed E-state index contributed by atoms with van der Waals surface area (Å²) in [5.74, 6) is -1.21. The minimum atomic E-state index is -1.16. The highest BCUT2D eigenvalue weighted by molar-refractivity contribution is 5.92. The number of benzene rings is 2. The van der Waals surface area contributed by atoms with E-state index in [0.717, 1.165) is 5.56 Å². The number of hydrogen-bond acceptors (Lipinski definition) is 4. The molecule has 2 aromatic rings. The first-order valence-corrected chi connectivity index (χ1v) is 7.54. The predicted molar refractivity (Wildman–Crippen MR) is 89.7 cm³/mol. The highest BCUT2D eigenvalue weighted by Gasteiger charge is 2.20. The predicted octanol–water partition coefficient (Wildman–Crippen LogP) is 3.67. The van der Waals surface area contributed by atoms with Gasteiger partial charge in [0.15, 0.2) is 6.61 Å². The smallest absolute Gasteiger partial charge is 0.349 e. The van der Waals surface area contributed by atoms with E-state index in [1.165, 1.54) is 12.1 Å². The summed E-state index contributed by atoms with van der Waals surface area (Å²) in [6.45, 7) is 5.85. The van der Waals surface area contributed by atoms with Crippen molar-refractivity contribution in [3.8, 4) is 11.5 Å². The minimum absolute atomic E-state index is 0.00251. The van der Waals surface area contributed by atoms with Gasteiger partial charge in [-0.2, -0.15) is 0 Å². The first-order valence-electron chi connectivity index (χ1n) is 7.54. The van der Waals surface area contributed by atoms with Gasteiger partial charge in [0.2, 0.25) is 0 Å². The fourth-order valence-corrected chi connectivity index (χ4v) is 2.23. The summed E-state index contributed by atoms with van der Waals surface area (Å²) in [6, 6.07) is 13.5. The standard InChI is InChI=1S/C19H20O5/c1-19(2,3)14-9-5-7-11-16(14)23-12-17(20)24-15-10-6-4-8-13(15)18(21)22/h4-11H,12H2,1-3H3,(H,21,22). The molecule has 0 fully saturated rings. The van der Waals surface area contributed by atoms with Crippen LogP contribution in [0, 0.1) is 0 Å². The molecule has 0 aliphatic heterocycles. The van der Waals surface area contributed by atoms with Crippen molar-refractivity contribution in [1.29, 1.82) is 0 Å². The Morgan fingerprint density at radius 1 is 0.958 bits per heavy atom. The van der Waals surface area contributed by atoms with E-state index < -0.39 is 11.9 Å². The highest BCUT2D eigenvalue weighted by atomic mass is 16.6. The van der Waals surface area contributed by atoms with Crippen molar-refractivity contribution in [2.24, 2.45) is 0 Å². The van der Waals surface area contributed by atoms with E-state index in [1.807, 2.05) is 18.2 Å². The number of carbonyl (C=O) groups is 2. The largest absolute Gasteiger partial charge is 0.482 e. The maximum atomic E-state index is 12.0. The summed E-state index contributed by atoms with van der Waals surface area (Å²) >= 11 is 0. The molecule has 5 heteroatoms. The molecular weight excluding hydrogens is 308 g/mol. The molecular formula is C19H20O5. The van der Waals surface area contributed by atoms with Gasteiger partial charge >= 0.3 is 11.9 Å². The number of para-hydroxylation sites is 2. The van der Waals surface area contributed by atoms with E-state index in [1.54, 1.807) is 18.2 Å². The molecule has 0 amide bonds. The second-order valence-corrected chi connectivity index (χ2v) is 6.31. The summed E-state index contributed by atoms with van der Waals surface area (Å²) in [6.07, 6.45) is 0. The SMILES string of the molecule is CC(C)(C)c1ccccc1OCC(=O)Oc1ccccc1C(=O)O. The van der Waals surface area contributed by atoms with Crippen LogP contribution in [0.3, 0.4) is 0 Å². The van der Waals surface area contributed by atoms with Gasteiger partial charge in [0.05, 0.1) is 0 Å². The molecule has 0 atom stereocenters. The monoisotopic (exact) mass is 328 g/mol. The zero-order valence-electron chi connectivity index (χ0n) is 13.9. The van der Waals surface area contributed by atoms with Crippen LogP contribution in [-0.2, 0) is 10.2 Å². The Hall–Kier alpha value is -2.82. The van der Waals surface area contributed by atoms with Crippen LogP contribution in [0.15, 0.2) is 48.5 Å². The number of rotatable bonds is 5. The van der Waals surface area contributed by atoms with E-state index in [9.17, 15) is 9.59 Å². The van der Waals surface area contributed by atoms with Crippen molar-refractivity contribution in [2.75, 3.05) is 6.61 Å². The van der Waals surface area contributed by atoms with Crippen molar-refractivity contribution in [3.63, 3.8) is 0 Å². The van der Waals surface area contributed by atoms with E-state index in [0.29, 0.717) is 5.75 Å². The third kappa shape index (κ3) is 4.35. The van der Waals surface area contributed by atoms with Crippen LogP contribution in [0.5, 0.6) is 11.5 Å². The van der Waals surface area contributed by atoms with Gasteiger partial charge in [-0.15, -0.1) is 0 Å². The Balaban J connectivity index is 2.07. The van der Waals surface area contributed by atoms with Gasteiger partial charge in [0, 0.05) is 0 Å². The average molecular weight is 328 g/mol. The van der Waals surface area contributed by atoms with Gasteiger partial charge in [0.25, 0.3) is 0 Å². The van der Waals surface area contributed by atoms with Crippen LogP contribution in [0.2, 0.25) is 0 Å². The van der Waals surface area contributed by atoms with Crippen molar-refractivity contribution in [2.45, 2.75) is 26.2 Å². The average Bonchev–Trinajstić information content (AvgIpc) is 2.52. The Kier molecular flexibility index (Phi) is 5.24. The van der Waals surface area contributed by atoms with Gasteiger partial charge in [0.1, 0.15) is 17.1 Å². The molecule has 0 aromatic heterocycles. The number of carboxylic acids is 1. The lowest BCUT2D eigenvalue weighted by atomic mass is 9.86. The molecule has 0 spiro atoms. The van der Waals surface area contributed by atoms with Gasteiger partial charge in [-0.3, -0.25) is 0 Å². The lowest BCUT2D eigenvalue weighted by molar-refractivity contribution is -0.136. The molecule has 0 unspecified atom stereocenters. The maximum absolute atomic E-state index is 12.0. The van der Waals surface area contributed by atoms with E-state index >= 15 is 0 Å². The number of aromatic carboxylic acids is 1. The molecule has 0 radical (unpaired) electrons. The molecule has 0 heterocycles. The second-order valence-electron chi connectivity index (χ2n) is 6.31. The zero-order chi connectivity index (χ0) is 17.7. The molecule has 1 N–H and O–H groups in total.